The summed E-state index contributed by atoms with van der Waals surface area (Å²) in [6, 6.07) is 6.05. The van der Waals surface area contributed by atoms with E-state index in [0.29, 0.717) is 19.8 Å². The van der Waals surface area contributed by atoms with Gasteiger partial charge < -0.3 is 14.2 Å². The SMILES string of the molecule is CCOc1cc(COC)cc(COC)c1. The summed E-state index contributed by atoms with van der Waals surface area (Å²) in [5.74, 6) is 0.874. The van der Waals surface area contributed by atoms with Gasteiger partial charge in [0.05, 0.1) is 19.8 Å². The van der Waals surface area contributed by atoms with Crippen LogP contribution in [0.15, 0.2) is 18.2 Å². The molecule has 0 saturated carbocycles. The maximum absolute atomic E-state index is 5.47. The number of methoxy groups -OCH3 is 2. The first-order chi connectivity index (χ1) is 7.30. The van der Waals surface area contributed by atoms with Crippen LogP contribution in [0.2, 0.25) is 0 Å². The van der Waals surface area contributed by atoms with Crippen LogP contribution in [-0.2, 0) is 22.7 Å². The first-order valence-corrected chi connectivity index (χ1v) is 5.03. The molecule has 0 radical (unpaired) electrons. The maximum atomic E-state index is 5.47. The number of benzene rings is 1. The third-order valence-electron chi connectivity index (χ3n) is 1.96. The lowest BCUT2D eigenvalue weighted by Crippen LogP contribution is -1.97. The second-order valence-corrected chi connectivity index (χ2v) is 3.28. The lowest BCUT2D eigenvalue weighted by molar-refractivity contribution is 0.179. The van der Waals surface area contributed by atoms with Crippen LogP contribution in [0.3, 0.4) is 0 Å². The first-order valence-electron chi connectivity index (χ1n) is 5.03. The Morgan fingerprint density at radius 1 is 0.933 bits per heavy atom. The lowest BCUT2D eigenvalue weighted by Gasteiger charge is -2.09. The average Bonchev–Trinajstić information content (AvgIpc) is 2.19. The zero-order chi connectivity index (χ0) is 11.1. The predicted octanol–water partition coefficient (Wildman–Crippen LogP) is 2.38. The van der Waals surface area contributed by atoms with E-state index in [-0.39, 0.29) is 0 Å². The molecule has 0 atom stereocenters. The van der Waals surface area contributed by atoms with Gasteiger partial charge in [-0.3, -0.25) is 0 Å². The van der Waals surface area contributed by atoms with Crippen molar-refractivity contribution < 1.29 is 14.2 Å². The summed E-state index contributed by atoms with van der Waals surface area (Å²) in [6.45, 7) is 3.83. The molecule has 0 aromatic heterocycles. The minimum absolute atomic E-state index is 0.595. The highest BCUT2D eigenvalue weighted by atomic mass is 16.5. The monoisotopic (exact) mass is 210 g/mol. The third kappa shape index (κ3) is 3.90. The van der Waals surface area contributed by atoms with Crippen molar-refractivity contribution in [3.63, 3.8) is 0 Å². The van der Waals surface area contributed by atoms with Crippen molar-refractivity contribution in [1.29, 1.82) is 0 Å². The normalized spacial score (nSPS) is 10.3. The van der Waals surface area contributed by atoms with Crippen molar-refractivity contribution in [3.8, 4) is 5.75 Å². The standard InChI is InChI=1S/C12H18O3/c1-4-15-12-6-10(8-13-2)5-11(7-12)9-14-3/h5-7H,4,8-9H2,1-3H3. The highest BCUT2D eigenvalue weighted by Gasteiger charge is 2.01. The fourth-order valence-corrected chi connectivity index (χ4v) is 1.48. The van der Waals surface area contributed by atoms with E-state index in [1.165, 1.54) is 0 Å². The fraction of sp³-hybridized carbons (Fsp3) is 0.500. The van der Waals surface area contributed by atoms with Crippen LogP contribution in [0.25, 0.3) is 0 Å². The van der Waals surface area contributed by atoms with Crippen molar-refractivity contribution >= 4 is 0 Å². The summed E-state index contributed by atoms with van der Waals surface area (Å²) < 4.78 is 15.7. The highest BCUT2D eigenvalue weighted by molar-refractivity contribution is 5.34. The molecule has 0 heterocycles. The van der Waals surface area contributed by atoms with Crippen LogP contribution in [0.4, 0.5) is 0 Å². The molecule has 0 amide bonds. The van der Waals surface area contributed by atoms with Crippen LogP contribution in [-0.4, -0.2) is 20.8 Å². The predicted molar refractivity (Wildman–Crippen MR) is 59.0 cm³/mol. The Bertz CT molecular complexity index is 237. The summed E-state index contributed by atoms with van der Waals surface area (Å²) >= 11 is 0. The van der Waals surface area contributed by atoms with Gasteiger partial charge in [0.15, 0.2) is 0 Å². The number of rotatable bonds is 6. The molecule has 0 fully saturated rings. The molecule has 3 nitrogen and oxygen atoms in total. The number of hydrogen-bond donors (Lipinski definition) is 0. The van der Waals surface area contributed by atoms with E-state index in [1.54, 1.807) is 14.2 Å². The Kier molecular flexibility index (Phi) is 5.15. The molecular formula is C12H18O3. The Hall–Kier alpha value is -1.06. The zero-order valence-electron chi connectivity index (χ0n) is 9.58. The molecule has 1 rings (SSSR count). The Labute approximate surface area is 91.0 Å². The summed E-state index contributed by atoms with van der Waals surface area (Å²) in [6.07, 6.45) is 0. The molecule has 15 heavy (non-hydrogen) atoms. The van der Waals surface area contributed by atoms with E-state index in [2.05, 4.69) is 6.07 Å². The minimum Gasteiger partial charge on any atom is -0.494 e. The van der Waals surface area contributed by atoms with Gasteiger partial charge in [-0.1, -0.05) is 6.07 Å². The van der Waals surface area contributed by atoms with Crippen LogP contribution in [0.1, 0.15) is 18.1 Å². The molecule has 0 N–H and O–H groups in total. The van der Waals surface area contributed by atoms with E-state index in [9.17, 15) is 0 Å². The van der Waals surface area contributed by atoms with Gasteiger partial charge >= 0.3 is 0 Å². The van der Waals surface area contributed by atoms with Crippen LogP contribution < -0.4 is 4.74 Å². The minimum atomic E-state index is 0.595. The molecule has 1 aromatic rings. The van der Waals surface area contributed by atoms with Gasteiger partial charge in [0.25, 0.3) is 0 Å². The van der Waals surface area contributed by atoms with E-state index in [0.717, 1.165) is 16.9 Å². The molecule has 0 saturated heterocycles. The first kappa shape index (κ1) is 12.0. The lowest BCUT2D eigenvalue weighted by atomic mass is 10.1. The molecule has 0 spiro atoms. The summed E-state index contributed by atoms with van der Waals surface area (Å²) in [4.78, 5) is 0. The highest BCUT2D eigenvalue weighted by Crippen LogP contribution is 2.18. The molecule has 0 unspecified atom stereocenters. The van der Waals surface area contributed by atoms with Gasteiger partial charge in [-0.25, -0.2) is 0 Å². The van der Waals surface area contributed by atoms with Gasteiger partial charge in [-0.15, -0.1) is 0 Å². The Balaban J connectivity index is 2.86. The Morgan fingerprint density at radius 3 is 1.87 bits per heavy atom. The third-order valence-corrected chi connectivity index (χ3v) is 1.96. The number of ether oxygens (including phenoxy) is 3. The van der Waals surface area contributed by atoms with Crippen molar-refractivity contribution in [1.82, 2.24) is 0 Å². The van der Waals surface area contributed by atoms with Crippen molar-refractivity contribution in [2.24, 2.45) is 0 Å². The second kappa shape index (κ2) is 6.43. The summed E-state index contributed by atoms with van der Waals surface area (Å²) in [5.41, 5.74) is 2.21. The van der Waals surface area contributed by atoms with Crippen molar-refractivity contribution in [3.05, 3.63) is 29.3 Å². The van der Waals surface area contributed by atoms with Gasteiger partial charge in [0, 0.05) is 14.2 Å². The van der Waals surface area contributed by atoms with E-state index < -0.39 is 0 Å². The molecule has 0 bridgehead atoms. The molecule has 0 aliphatic rings. The summed E-state index contributed by atoms with van der Waals surface area (Å²) in [7, 11) is 3.37. The molecule has 84 valence electrons. The largest absolute Gasteiger partial charge is 0.494 e. The van der Waals surface area contributed by atoms with Crippen molar-refractivity contribution in [2.45, 2.75) is 20.1 Å². The quantitative estimate of drug-likeness (QED) is 0.721. The van der Waals surface area contributed by atoms with Crippen molar-refractivity contribution in [2.75, 3.05) is 20.8 Å². The summed E-state index contributed by atoms with van der Waals surface area (Å²) in [5, 5.41) is 0. The fourth-order valence-electron chi connectivity index (χ4n) is 1.48. The van der Waals surface area contributed by atoms with Crippen LogP contribution >= 0.6 is 0 Å². The van der Waals surface area contributed by atoms with Crippen LogP contribution in [0.5, 0.6) is 5.75 Å². The molecule has 0 aliphatic heterocycles. The molecule has 1 aromatic carbocycles. The smallest absolute Gasteiger partial charge is 0.119 e. The van der Waals surface area contributed by atoms with E-state index in [1.807, 2.05) is 19.1 Å². The van der Waals surface area contributed by atoms with E-state index in [4.69, 9.17) is 14.2 Å². The van der Waals surface area contributed by atoms with Crippen LogP contribution in [0, 0.1) is 0 Å². The maximum Gasteiger partial charge on any atom is 0.119 e. The van der Waals surface area contributed by atoms with E-state index >= 15 is 0 Å². The molecular weight excluding hydrogens is 192 g/mol. The topological polar surface area (TPSA) is 27.7 Å². The molecule has 3 heteroatoms. The Morgan fingerprint density at radius 2 is 1.47 bits per heavy atom. The molecule has 0 aliphatic carbocycles. The second-order valence-electron chi connectivity index (χ2n) is 3.28. The van der Waals surface area contributed by atoms with Gasteiger partial charge in [0.1, 0.15) is 5.75 Å². The van der Waals surface area contributed by atoms with Gasteiger partial charge in [-0.2, -0.15) is 0 Å². The average molecular weight is 210 g/mol. The zero-order valence-corrected chi connectivity index (χ0v) is 9.58. The van der Waals surface area contributed by atoms with Gasteiger partial charge in [-0.05, 0) is 30.2 Å². The number of hydrogen-bond acceptors (Lipinski definition) is 3. The van der Waals surface area contributed by atoms with Gasteiger partial charge in [0.2, 0.25) is 0 Å².